The van der Waals surface area contributed by atoms with E-state index in [0.717, 1.165) is 60.1 Å². The Morgan fingerprint density at radius 1 is 1.18 bits per heavy atom. The zero-order valence-corrected chi connectivity index (χ0v) is 19.9. The highest BCUT2D eigenvalue weighted by atomic mass is 35.5. The van der Waals surface area contributed by atoms with Crippen molar-refractivity contribution >= 4 is 52.4 Å². The lowest BCUT2D eigenvalue weighted by atomic mass is 10.0. The standard InChI is InChI=1S/C24H25ClN4O4S/c25-19-5-1-3-17(11-20-22(30)28-24(33)34-20)21(19)29-10-2-4-18(14-29)26-12-15-6-8-16(9-7-15)13-27-23(31)32/h1,3,5-9,11,18,26-27H,2,4,10,12-14H2,(H,31,32)(H,28,30,33). The lowest BCUT2D eigenvalue weighted by Crippen LogP contribution is -2.45. The second kappa shape index (κ2) is 10.9. The van der Waals surface area contributed by atoms with Crippen LogP contribution in [0.15, 0.2) is 47.4 Å². The molecule has 3 amide bonds. The van der Waals surface area contributed by atoms with Crippen molar-refractivity contribution in [3.63, 3.8) is 0 Å². The van der Waals surface area contributed by atoms with Crippen molar-refractivity contribution in [1.82, 2.24) is 16.0 Å². The largest absolute Gasteiger partial charge is 0.465 e. The number of hydrogen-bond acceptors (Lipinski definition) is 6. The van der Waals surface area contributed by atoms with Gasteiger partial charge in [0.1, 0.15) is 0 Å². The number of carboxylic acid groups (broad SMARTS) is 1. The van der Waals surface area contributed by atoms with Crippen molar-refractivity contribution in [1.29, 1.82) is 0 Å². The fourth-order valence-electron chi connectivity index (χ4n) is 4.11. The van der Waals surface area contributed by atoms with Gasteiger partial charge in [-0.05, 0) is 47.9 Å². The van der Waals surface area contributed by atoms with E-state index in [1.807, 2.05) is 42.5 Å². The van der Waals surface area contributed by atoms with Crippen LogP contribution in [0.25, 0.3) is 6.08 Å². The predicted octanol–water partition coefficient (Wildman–Crippen LogP) is 4.19. The van der Waals surface area contributed by atoms with Crippen LogP contribution >= 0.6 is 23.4 Å². The number of piperidine rings is 1. The Bertz CT molecular complexity index is 1120. The maximum atomic E-state index is 12.0. The number of carbonyl (C=O) groups excluding carboxylic acids is 2. The Morgan fingerprint density at radius 2 is 1.91 bits per heavy atom. The quantitative estimate of drug-likeness (QED) is 0.422. The van der Waals surface area contributed by atoms with Crippen LogP contribution < -0.4 is 20.9 Å². The lowest BCUT2D eigenvalue weighted by molar-refractivity contribution is -0.115. The van der Waals surface area contributed by atoms with Gasteiger partial charge in [-0.15, -0.1) is 0 Å². The molecular weight excluding hydrogens is 476 g/mol. The summed E-state index contributed by atoms with van der Waals surface area (Å²) in [6.45, 7) is 2.59. The Labute approximate surface area is 206 Å². The molecule has 2 fully saturated rings. The summed E-state index contributed by atoms with van der Waals surface area (Å²) in [4.78, 5) is 36.8. The summed E-state index contributed by atoms with van der Waals surface area (Å²) in [5.41, 5.74) is 3.71. The normalized spacial score (nSPS) is 19.4. The van der Waals surface area contributed by atoms with Crippen molar-refractivity contribution in [2.45, 2.75) is 32.0 Å². The lowest BCUT2D eigenvalue weighted by Gasteiger charge is -2.36. The third kappa shape index (κ3) is 6.11. The Balaban J connectivity index is 1.41. The number of para-hydroxylation sites is 1. The molecule has 0 radical (unpaired) electrons. The van der Waals surface area contributed by atoms with Crippen LogP contribution in [0, 0.1) is 0 Å². The summed E-state index contributed by atoms with van der Waals surface area (Å²) < 4.78 is 0. The first-order valence-electron chi connectivity index (χ1n) is 11.0. The number of nitrogens with zero attached hydrogens (tertiary/aromatic N) is 1. The number of hydrogen-bond donors (Lipinski definition) is 4. The van der Waals surface area contributed by atoms with E-state index in [9.17, 15) is 14.4 Å². The maximum Gasteiger partial charge on any atom is 0.404 e. The van der Waals surface area contributed by atoms with Crippen LogP contribution in [0.2, 0.25) is 5.02 Å². The Hall–Kier alpha value is -3.01. The van der Waals surface area contributed by atoms with Gasteiger partial charge in [0, 0.05) is 37.8 Å². The third-order valence-corrected chi connectivity index (χ3v) is 6.86. The Kier molecular flexibility index (Phi) is 7.77. The van der Waals surface area contributed by atoms with Crippen molar-refractivity contribution in [3.8, 4) is 0 Å². The molecule has 1 unspecified atom stereocenters. The molecule has 0 spiro atoms. The van der Waals surface area contributed by atoms with Crippen LogP contribution in [-0.4, -0.2) is 41.5 Å². The summed E-state index contributed by atoms with van der Waals surface area (Å²) in [6, 6.07) is 13.7. The van der Waals surface area contributed by atoms with Crippen molar-refractivity contribution in [2.75, 3.05) is 18.0 Å². The van der Waals surface area contributed by atoms with Crippen LogP contribution in [-0.2, 0) is 17.9 Å². The van der Waals surface area contributed by atoms with Gasteiger partial charge in [-0.3, -0.25) is 14.9 Å². The molecule has 178 valence electrons. The molecule has 2 heterocycles. The zero-order chi connectivity index (χ0) is 24.1. The van der Waals surface area contributed by atoms with Crippen molar-refractivity contribution in [3.05, 3.63) is 69.1 Å². The molecule has 10 heteroatoms. The van der Waals surface area contributed by atoms with Crippen LogP contribution in [0.4, 0.5) is 15.3 Å². The highest BCUT2D eigenvalue weighted by molar-refractivity contribution is 8.18. The molecule has 4 N–H and O–H groups in total. The van der Waals surface area contributed by atoms with Gasteiger partial charge in [0.2, 0.25) is 0 Å². The topological polar surface area (TPSA) is 111 Å². The Morgan fingerprint density at radius 3 is 2.59 bits per heavy atom. The average Bonchev–Trinajstić information content (AvgIpc) is 3.13. The van der Waals surface area contributed by atoms with Gasteiger partial charge < -0.3 is 20.6 Å². The van der Waals surface area contributed by atoms with Gasteiger partial charge >= 0.3 is 6.09 Å². The van der Waals surface area contributed by atoms with Gasteiger partial charge in [0.25, 0.3) is 11.1 Å². The number of imide groups is 1. The second-order valence-corrected chi connectivity index (χ2v) is 9.59. The minimum atomic E-state index is -1.04. The molecule has 0 bridgehead atoms. The number of carbonyl (C=O) groups is 3. The van der Waals surface area contributed by atoms with Gasteiger partial charge in [-0.2, -0.15) is 0 Å². The van der Waals surface area contributed by atoms with E-state index in [2.05, 4.69) is 20.9 Å². The summed E-state index contributed by atoms with van der Waals surface area (Å²) >= 11 is 7.48. The van der Waals surface area contributed by atoms with E-state index in [1.165, 1.54) is 0 Å². The van der Waals surface area contributed by atoms with Crippen molar-refractivity contribution in [2.24, 2.45) is 0 Å². The van der Waals surface area contributed by atoms with Crippen LogP contribution in [0.3, 0.4) is 0 Å². The first-order chi connectivity index (χ1) is 16.4. The molecule has 0 aromatic heterocycles. The molecule has 2 aromatic carbocycles. The SMILES string of the molecule is O=C(O)NCc1ccc(CNC2CCCN(c3c(Cl)cccc3C=C3SC(=O)NC3=O)C2)cc1. The number of nitrogens with one attached hydrogen (secondary N) is 3. The minimum Gasteiger partial charge on any atom is -0.465 e. The molecule has 34 heavy (non-hydrogen) atoms. The summed E-state index contributed by atoms with van der Waals surface area (Å²) in [5, 5.41) is 17.2. The monoisotopic (exact) mass is 500 g/mol. The minimum absolute atomic E-state index is 0.254. The van der Waals surface area contributed by atoms with E-state index >= 15 is 0 Å². The summed E-state index contributed by atoms with van der Waals surface area (Å²) in [5.74, 6) is -0.385. The van der Waals surface area contributed by atoms with Gasteiger partial charge in [-0.1, -0.05) is 48.0 Å². The van der Waals surface area contributed by atoms with E-state index < -0.39 is 6.09 Å². The fourth-order valence-corrected chi connectivity index (χ4v) is 5.08. The number of rotatable bonds is 7. The van der Waals surface area contributed by atoms with Gasteiger partial charge in [0.05, 0.1) is 15.6 Å². The molecule has 4 rings (SSSR count). The molecule has 2 aliphatic rings. The van der Waals surface area contributed by atoms with Crippen molar-refractivity contribution < 1.29 is 19.5 Å². The second-order valence-electron chi connectivity index (χ2n) is 8.17. The van der Waals surface area contributed by atoms with E-state index in [-0.39, 0.29) is 23.7 Å². The molecule has 2 aliphatic heterocycles. The van der Waals surface area contributed by atoms with Gasteiger partial charge in [0.15, 0.2) is 0 Å². The molecular formula is C24H25ClN4O4S. The highest BCUT2D eigenvalue weighted by Gasteiger charge is 2.27. The molecule has 2 saturated heterocycles. The number of amides is 3. The summed E-state index contributed by atoms with van der Waals surface area (Å²) in [6.07, 6.45) is 2.71. The molecule has 0 saturated carbocycles. The smallest absolute Gasteiger partial charge is 0.404 e. The van der Waals surface area contributed by atoms with E-state index in [4.69, 9.17) is 16.7 Å². The molecule has 1 atom stereocenters. The highest BCUT2D eigenvalue weighted by Crippen LogP contribution is 2.35. The number of thioether (sulfide) groups is 1. The van der Waals surface area contributed by atoms with Gasteiger partial charge in [-0.25, -0.2) is 4.79 Å². The van der Waals surface area contributed by atoms with E-state index in [0.29, 0.717) is 16.5 Å². The molecule has 0 aliphatic carbocycles. The fraction of sp³-hybridized carbons (Fsp3) is 0.292. The number of halogens is 1. The predicted molar refractivity (Wildman–Crippen MR) is 134 cm³/mol. The van der Waals surface area contributed by atoms with Crippen LogP contribution in [0.1, 0.15) is 29.5 Å². The first kappa shape index (κ1) is 24.1. The zero-order valence-electron chi connectivity index (χ0n) is 18.3. The molecule has 2 aromatic rings. The number of benzene rings is 2. The average molecular weight is 501 g/mol. The first-order valence-corrected chi connectivity index (χ1v) is 12.1. The van der Waals surface area contributed by atoms with Crippen LogP contribution in [0.5, 0.6) is 0 Å². The summed E-state index contributed by atoms with van der Waals surface area (Å²) in [7, 11) is 0. The third-order valence-electron chi connectivity index (χ3n) is 5.75. The van der Waals surface area contributed by atoms with E-state index in [1.54, 1.807) is 6.08 Å². The molecule has 8 nitrogen and oxygen atoms in total. The maximum absolute atomic E-state index is 12.0. The number of anilines is 1.